The second-order valence-electron chi connectivity index (χ2n) is 5.12. The molecule has 1 aromatic carbocycles. The topological polar surface area (TPSA) is 97.2 Å². The van der Waals surface area contributed by atoms with Gasteiger partial charge in [-0.2, -0.15) is 24.5 Å². The van der Waals surface area contributed by atoms with Crippen LogP contribution >= 0.6 is 22.7 Å². The number of aromatic nitrogens is 1. The molecule has 0 radical (unpaired) electrons. The Kier molecular flexibility index (Phi) is 5.10. The Labute approximate surface area is 157 Å². The maximum absolute atomic E-state index is 12.7. The van der Waals surface area contributed by atoms with Gasteiger partial charge in [0.15, 0.2) is 0 Å². The third-order valence-corrected chi connectivity index (χ3v) is 4.91. The third kappa shape index (κ3) is 4.23. The van der Waals surface area contributed by atoms with Crippen LogP contribution in [0.25, 0.3) is 10.6 Å². The van der Waals surface area contributed by atoms with Gasteiger partial charge >= 0.3 is 6.18 Å². The first-order valence-corrected chi connectivity index (χ1v) is 8.98. The third-order valence-electron chi connectivity index (χ3n) is 3.34. The molecule has 0 aliphatic rings. The molecule has 0 spiro atoms. The summed E-state index contributed by atoms with van der Waals surface area (Å²) >= 11 is 2.72. The first-order chi connectivity index (χ1) is 12.8. The molecule has 0 bridgehead atoms. The van der Waals surface area contributed by atoms with E-state index in [2.05, 4.69) is 15.8 Å². The van der Waals surface area contributed by atoms with Crippen molar-refractivity contribution in [2.75, 3.05) is 5.43 Å². The minimum atomic E-state index is -4.72. The minimum absolute atomic E-state index is 0.0725. The van der Waals surface area contributed by atoms with Crippen molar-refractivity contribution >= 4 is 40.0 Å². The van der Waals surface area contributed by atoms with Gasteiger partial charge in [-0.05, 0) is 23.6 Å². The predicted molar refractivity (Wildman–Crippen MR) is 94.6 cm³/mol. The van der Waals surface area contributed by atoms with Gasteiger partial charge in [-0.15, -0.1) is 11.3 Å². The molecule has 140 valence electrons. The van der Waals surface area contributed by atoms with Gasteiger partial charge in [-0.1, -0.05) is 0 Å². The Balaban J connectivity index is 1.74. The number of nitro groups is 1. The predicted octanol–water partition coefficient (Wildman–Crippen LogP) is 4.56. The van der Waals surface area contributed by atoms with Gasteiger partial charge in [0, 0.05) is 22.4 Å². The van der Waals surface area contributed by atoms with Crippen molar-refractivity contribution in [3.05, 3.63) is 61.8 Å². The van der Waals surface area contributed by atoms with Crippen LogP contribution in [0.4, 0.5) is 24.5 Å². The Bertz CT molecular complexity index is 987. The van der Waals surface area contributed by atoms with Gasteiger partial charge in [0.1, 0.15) is 16.4 Å². The van der Waals surface area contributed by atoms with Crippen molar-refractivity contribution in [3.8, 4) is 10.6 Å². The molecule has 1 amide bonds. The lowest BCUT2D eigenvalue weighted by Gasteiger charge is -2.10. The van der Waals surface area contributed by atoms with Crippen LogP contribution in [0.15, 0.2) is 40.4 Å². The minimum Gasteiger partial charge on any atom is -0.292 e. The molecule has 27 heavy (non-hydrogen) atoms. The fourth-order valence-corrected chi connectivity index (χ4v) is 3.56. The normalized spacial score (nSPS) is 11.2. The molecule has 2 aromatic heterocycles. The van der Waals surface area contributed by atoms with Crippen LogP contribution < -0.4 is 10.9 Å². The number of benzene rings is 1. The molecular weight excluding hydrogens is 405 g/mol. The molecule has 7 nitrogen and oxygen atoms in total. The van der Waals surface area contributed by atoms with Crippen molar-refractivity contribution in [2.24, 2.45) is 0 Å². The summed E-state index contributed by atoms with van der Waals surface area (Å²) < 4.78 is 38.1. The van der Waals surface area contributed by atoms with Crippen LogP contribution in [0.2, 0.25) is 0 Å². The zero-order valence-electron chi connectivity index (χ0n) is 13.1. The van der Waals surface area contributed by atoms with Crippen LogP contribution in [0.5, 0.6) is 0 Å². The Morgan fingerprint density at radius 2 is 2.00 bits per heavy atom. The molecular formula is C15H9F3N4O3S2. The Hall–Kier alpha value is -2.99. The van der Waals surface area contributed by atoms with Crippen LogP contribution in [-0.2, 0) is 6.18 Å². The number of nitrogens with one attached hydrogen (secondary N) is 2. The zero-order valence-corrected chi connectivity index (χ0v) is 14.7. The Morgan fingerprint density at radius 3 is 2.63 bits per heavy atom. The number of rotatable bonds is 5. The summed E-state index contributed by atoms with van der Waals surface area (Å²) in [5, 5.41) is 16.9. The number of alkyl halides is 3. The number of thiophene rings is 1. The standard InChI is InChI=1S/C15H9F3N4O3S2/c16-15(17,18)9-1-2-10(12(5-9)22(24)25)20-21-13(23)11-7-27-14(19-11)8-3-4-26-6-8/h1-7,20H,(H,21,23). The molecule has 12 heteroatoms. The quantitative estimate of drug-likeness (QED) is 0.471. The number of nitro benzene ring substituents is 1. The van der Waals surface area contributed by atoms with E-state index in [0.29, 0.717) is 17.1 Å². The number of anilines is 1. The largest absolute Gasteiger partial charge is 0.416 e. The van der Waals surface area contributed by atoms with Crippen LogP contribution in [0, 0.1) is 10.1 Å². The van der Waals surface area contributed by atoms with Crippen molar-refractivity contribution in [2.45, 2.75) is 6.18 Å². The van der Waals surface area contributed by atoms with E-state index in [-0.39, 0.29) is 11.4 Å². The Morgan fingerprint density at radius 1 is 1.22 bits per heavy atom. The van der Waals surface area contributed by atoms with Crippen molar-refractivity contribution in [1.82, 2.24) is 10.4 Å². The van der Waals surface area contributed by atoms with Crippen LogP contribution in [0.1, 0.15) is 16.1 Å². The van der Waals surface area contributed by atoms with E-state index in [1.165, 1.54) is 28.1 Å². The van der Waals surface area contributed by atoms with E-state index in [0.717, 1.165) is 11.6 Å². The molecule has 0 saturated heterocycles. The molecule has 2 N–H and O–H groups in total. The maximum Gasteiger partial charge on any atom is 0.416 e. The van der Waals surface area contributed by atoms with Crippen LogP contribution in [-0.4, -0.2) is 15.8 Å². The highest BCUT2D eigenvalue weighted by atomic mass is 32.1. The smallest absolute Gasteiger partial charge is 0.292 e. The highest BCUT2D eigenvalue weighted by Crippen LogP contribution is 2.34. The lowest BCUT2D eigenvalue weighted by Crippen LogP contribution is -2.30. The van der Waals surface area contributed by atoms with E-state index >= 15 is 0 Å². The zero-order chi connectivity index (χ0) is 19.6. The fourth-order valence-electron chi connectivity index (χ4n) is 2.05. The fraction of sp³-hybridized carbons (Fsp3) is 0.0667. The monoisotopic (exact) mass is 414 g/mol. The number of nitrogens with zero attached hydrogens (tertiary/aromatic N) is 2. The van der Waals surface area contributed by atoms with Gasteiger partial charge in [-0.25, -0.2) is 4.98 Å². The highest BCUT2D eigenvalue weighted by molar-refractivity contribution is 7.14. The molecule has 2 heterocycles. The molecule has 0 aliphatic heterocycles. The molecule has 0 fully saturated rings. The number of amides is 1. The molecule has 0 saturated carbocycles. The number of carbonyl (C=O) groups excluding carboxylic acids is 1. The number of halogens is 3. The molecule has 0 unspecified atom stereocenters. The molecule has 3 aromatic rings. The first-order valence-electron chi connectivity index (χ1n) is 7.16. The van der Waals surface area contributed by atoms with E-state index < -0.39 is 28.3 Å². The van der Waals surface area contributed by atoms with E-state index in [4.69, 9.17) is 0 Å². The van der Waals surface area contributed by atoms with E-state index in [1.807, 2.05) is 16.8 Å². The van der Waals surface area contributed by atoms with Crippen LogP contribution in [0.3, 0.4) is 0 Å². The van der Waals surface area contributed by atoms with E-state index in [1.54, 1.807) is 0 Å². The summed E-state index contributed by atoms with van der Waals surface area (Å²) in [7, 11) is 0. The van der Waals surface area contributed by atoms with Crippen molar-refractivity contribution in [3.63, 3.8) is 0 Å². The van der Waals surface area contributed by atoms with Crippen molar-refractivity contribution in [1.29, 1.82) is 0 Å². The average Bonchev–Trinajstić information content (AvgIpc) is 3.29. The SMILES string of the molecule is O=C(NNc1ccc(C(F)(F)F)cc1[N+](=O)[O-])c1csc(-c2ccsc2)n1. The summed E-state index contributed by atoms with van der Waals surface area (Å²) in [5.74, 6) is -0.679. The summed E-state index contributed by atoms with van der Waals surface area (Å²) in [6.45, 7) is 0. The van der Waals surface area contributed by atoms with Crippen molar-refractivity contribution < 1.29 is 22.9 Å². The molecule has 0 aliphatic carbocycles. The van der Waals surface area contributed by atoms with Gasteiger partial charge in [-0.3, -0.25) is 25.8 Å². The number of thiazole rings is 1. The lowest BCUT2D eigenvalue weighted by molar-refractivity contribution is -0.384. The summed E-state index contributed by atoms with van der Waals surface area (Å²) in [5.41, 5.74) is 3.14. The van der Waals surface area contributed by atoms with Gasteiger partial charge in [0.25, 0.3) is 11.6 Å². The second-order valence-corrected chi connectivity index (χ2v) is 6.75. The first kappa shape index (κ1) is 18.8. The van der Waals surface area contributed by atoms with Gasteiger partial charge < -0.3 is 0 Å². The summed E-state index contributed by atoms with van der Waals surface area (Å²) in [6, 6.07) is 3.79. The number of hydrogen-bond donors (Lipinski definition) is 2. The lowest BCUT2D eigenvalue weighted by atomic mass is 10.1. The van der Waals surface area contributed by atoms with E-state index in [9.17, 15) is 28.1 Å². The average molecular weight is 414 g/mol. The second kappa shape index (κ2) is 7.32. The molecule has 3 rings (SSSR count). The number of carbonyl (C=O) groups is 1. The molecule has 0 atom stereocenters. The highest BCUT2D eigenvalue weighted by Gasteiger charge is 2.33. The number of hydrogen-bond acceptors (Lipinski definition) is 7. The summed E-state index contributed by atoms with van der Waals surface area (Å²) in [4.78, 5) is 26.3. The number of hydrazine groups is 1. The van der Waals surface area contributed by atoms with Gasteiger partial charge in [0.2, 0.25) is 0 Å². The summed E-state index contributed by atoms with van der Waals surface area (Å²) in [6.07, 6.45) is -4.72. The maximum atomic E-state index is 12.7. The van der Waals surface area contributed by atoms with Gasteiger partial charge in [0.05, 0.1) is 10.5 Å².